The lowest BCUT2D eigenvalue weighted by molar-refractivity contribution is 0.375. The SMILES string of the molecule is COc1nc2cccnc2n1-c1ccc(-c2nc(-c3nc(C)cs3)cn2-c2ccc(C)nc2)cc1. The summed E-state index contributed by atoms with van der Waals surface area (Å²) in [6.07, 6.45) is 5.63. The van der Waals surface area contributed by atoms with E-state index < -0.39 is 0 Å². The van der Waals surface area contributed by atoms with E-state index in [2.05, 4.69) is 24.5 Å². The summed E-state index contributed by atoms with van der Waals surface area (Å²) in [6.45, 7) is 3.97. The first-order valence-corrected chi connectivity index (χ1v) is 11.9. The Hall–Kier alpha value is -4.37. The molecule has 0 radical (unpaired) electrons. The first-order valence-electron chi connectivity index (χ1n) is 11.0. The molecule has 9 heteroatoms. The second kappa shape index (κ2) is 8.44. The molecule has 0 saturated heterocycles. The molecular formula is C26H21N7OS. The number of fused-ring (bicyclic) bond motifs is 1. The summed E-state index contributed by atoms with van der Waals surface area (Å²) in [7, 11) is 1.61. The van der Waals surface area contributed by atoms with Gasteiger partial charge in [-0.2, -0.15) is 4.98 Å². The Bertz CT molecular complexity index is 1650. The third kappa shape index (κ3) is 3.75. The van der Waals surface area contributed by atoms with Crippen LogP contribution in [0.15, 0.2) is 72.5 Å². The van der Waals surface area contributed by atoms with Gasteiger partial charge < -0.3 is 4.74 Å². The van der Waals surface area contributed by atoms with Crippen molar-refractivity contribution in [2.45, 2.75) is 13.8 Å². The Morgan fingerprint density at radius 3 is 2.40 bits per heavy atom. The Balaban J connectivity index is 1.46. The average Bonchev–Trinajstić information content (AvgIpc) is 3.61. The van der Waals surface area contributed by atoms with Crippen molar-refractivity contribution in [2.24, 2.45) is 0 Å². The molecule has 35 heavy (non-hydrogen) atoms. The highest BCUT2D eigenvalue weighted by Gasteiger charge is 2.17. The molecule has 0 unspecified atom stereocenters. The molecule has 0 fully saturated rings. The number of thiazole rings is 1. The molecule has 6 rings (SSSR count). The van der Waals surface area contributed by atoms with Gasteiger partial charge in [0.15, 0.2) is 5.65 Å². The van der Waals surface area contributed by atoms with Crippen LogP contribution in [0.1, 0.15) is 11.4 Å². The summed E-state index contributed by atoms with van der Waals surface area (Å²) in [5.74, 6) is 0.811. The van der Waals surface area contributed by atoms with Crippen LogP contribution in [-0.4, -0.2) is 41.2 Å². The molecule has 0 aliphatic heterocycles. The van der Waals surface area contributed by atoms with Crippen molar-refractivity contribution in [1.82, 2.24) is 34.1 Å². The number of imidazole rings is 2. The van der Waals surface area contributed by atoms with Crippen molar-refractivity contribution < 1.29 is 4.74 Å². The number of ether oxygens (including phenoxy) is 1. The van der Waals surface area contributed by atoms with E-state index in [4.69, 9.17) is 9.72 Å². The van der Waals surface area contributed by atoms with Crippen molar-refractivity contribution in [2.75, 3.05) is 7.11 Å². The molecule has 0 aliphatic carbocycles. The summed E-state index contributed by atoms with van der Waals surface area (Å²) in [5.41, 5.74) is 7.10. The molecule has 6 aromatic rings. The van der Waals surface area contributed by atoms with E-state index in [1.807, 2.05) is 84.7 Å². The first-order chi connectivity index (χ1) is 17.1. The highest BCUT2D eigenvalue weighted by Crippen LogP contribution is 2.31. The molecule has 1 aromatic carbocycles. The van der Waals surface area contributed by atoms with Crippen LogP contribution in [0.25, 0.3) is 44.6 Å². The minimum Gasteiger partial charge on any atom is -0.468 e. The zero-order valence-corrected chi connectivity index (χ0v) is 20.2. The van der Waals surface area contributed by atoms with Gasteiger partial charge in [-0.1, -0.05) is 0 Å². The van der Waals surface area contributed by atoms with E-state index in [9.17, 15) is 0 Å². The Morgan fingerprint density at radius 2 is 1.69 bits per heavy atom. The quantitative estimate of drug-likeness (QED) is 0.328. The van der Waals surface area contributed by atoms with Crippen molar-refractivity contribution >= 4 is 22.5 Å². The fraction of sp³-hybridized carbons (Fsp3) is 0.115. The number of rotatable bonds is 5. The van der Waals surface area contributed by atoms with E-state index in [1.165, 1.54) is 0 Å². The normalized spacial score (nSPS) is 11.3. The average molecular weight is 480 g/mol. The molecule has 8 nitrogen and oxygen atoms in total. The Labute approximate surface area is 205 Å². The first kappa shape index (κ1) is 21.2. The van der Waals surface area contributed by atoms with Crippen LogP contribution in [0.4, 0.5) is 0 Å². The molecule has 5 heterocycles. The summed E-state index contributed by atoms with van der Waals surface area (Å²) in [5, 5.41) is 2.92. The van der Waals surface area contributed by atoms with Gasteiger partial charge in [0.2, 0.25) is 0 Å². The van der Waals surface area contributed by atoms with Crippen LogP contribution in [0.3, 0.4) is 0 Å². The number of aryl methyl sites for hydroxylation is 2. The second-order valence-corrected chi connectivity index (χ2v) is 8.96. The summed E-state index contributed by atoms with van der Waals surface area (Å²) in [6, 6.07) is 16.4. The van der Waals surface area contributed by atoms with Gasteiger partial charge in [-0.05, 0) is 62.4 Å². The molecule has 0 atom stereocenters. The maximum absolute atomic E-state index is 5.52. The Kier molecular flexibility index (Phi) is 5.11. The smallest absolute Gasteiger partial charge is 0.303 e. The van der Waals surface area contributed by atoms with Crippen LogP contribution in [0.5, 0.6) is 6.01 Å². The number of hydrogen-bond donors (Lipinski definition) is 0. The van der Waals surface area contributed by atoms with E-state index in [0.29, 0.717) is 6.01 Å². The number of hydrogen-bond acceptors (Lipinski definition) is 7. The van der Waals surface area contributed by atoms with Crippen LogP contribution in [0.2, 0.25) is 0 Å². The van der Waals surface area contributed by atoms with Gasteiger partial charge in [0.25, 0.3) is 0 Å². The summed E-state index contributed by atoms with van der Waals surface area (Å²) in [4.78, 5) is 23.1. The monoisotopic (exact) mass is 479 g/mol. The largest absolute Gasteiger partial charge is 0.468 e. The lowest BCUT2D eigenvalue weighted by atomic mass is 10.2. The lowest BCUT2D eigenvalue weighted by Crippen LogP contribution is -2.00. The molecule has 0 amide bonds. The van der Waals surface area contributed by atoms with Gasteiger partial charge >= 0.3 is 6.01 Å². The zero-order chi connectivity index (χ0) is 23.9. The highest BCUT2D eigenvalue weighted by atomic mass is 32.1. The van der Waals surface area contributed by atoms with Gasteiger partial charge in [0.1, 0.15) is 22.0 Å². The van der Waals surface area contributed by atoms with Gasteiger partial charge in [-0.15, -0.1) is 11.3 Å². The number of aromatic nitrogens is 7. The van der Waals surface area contributed by atoms with Gasteiger partial charge in [0.05, 0.1) is 24.7 Å². The number of nitrogens with zero attached hydrogens (tertiary/aromatic N) is 7. The topological polar surface area (TPSA) is 83.5 Å². The predicted molar refractivity (Wildman–Crippen MR) is 136 cm³/mol. The third-order valence-electron chi connectivity index (χ3n) is 5.67. The van der Waals surface area contributed by atoms with Crippen molar-refractivity contribution in [3.8, 4) is 39.5 Å². The molecule has 172 valence electrons. The van der Waals surface area contributed by atoms with Gasteiger partial charge in [-0.3, -0.25) is 9.55 Å². The van der Waals surface area contributed by atoms with Gasteiger partial charge in [0, 0.05) is 34.7 Å². The third-order valence-corrected chi connectivity index (χ3v) is 6.65. The lowest BCUT2D eigenvalue weighted by Gasteiger charge is -2.10. The maximum atomic E-state index is 5.52. The van der Waals surface area contributed by atoms with Crippen LogP contribution >= 0.6 is 11.3 Å². The van der Waals surface area contributed by atoms with E-state index >= 15 is 0 Å². The van der Waals surface area contributed by atoms with Gasteiger partial charge in [-0.25, -0.2) is 19.5 Å². The maximum Gasteiger partial charge on any atom is 0.303 e. The fourth-order valence-corrected chi connectivity index (χ4v) is 4.73. The van der Waals surface area contributed by atoms with E-state index in [0.717, 1.165) is 56.0 Å². The molecule has 0 aliphatic rings. The summed E-state index contributed by atoms with van der Waals surface area (Å²) >= 11 is 1.59. The van der Waals surface area contributed by atoms with Crippen LogP contribution < -0.4 is 4.74 Å². The molecule has 0 N–H and O–H groups in total. The molecule has 5 aromatic heterocycles. The number of pyridine rings is 2. The molecule has 0 saturated carbocycles. The van der Waals surface area contributed by atoms with Crippen molar-refractivity contribution in [3.63, 3.8) is 0 Å². The molecule has 0 spiro atoms. The molecule has 0 bridgehead atoms. The minimum absolute atomic E-state index is 0.486. The zero-order valence-electron chi connectivity index (χ0n) is 19.4. The van der Waals surface area contributed by atoms with Crippen LogP contribution in [-0.2, 0) is 0 Å². The van der Waals surface area contributed by atoms with E-state index in [1.54, 1.807) is 24.6 Å². The second-order valence-electron chi connectivity index (χ2n) is 8.10. The van der Waals surface area contributed by atoms with Crippen LogP contribution in [0, 0.1) is 13.8 Å². The standard InChI is InChI=1S/C26H21N7OS/c1-16-6-9-20(13-28-16)32-14-22(25-29-17(2)15-35-25)30-23(32)18-7-10-19(11-8-18)33-24-21(5-4-12-27-24)31-26(33)34-3/h4-15H,1-3H3. The predicted octanol–water partition coefficient (Wildman–Crippen LogP) is 5.42. The minimum atomic E-state index is 0.486. The fourth-order valence-electron chi connectivity index (χ4n) is 3.98. The van der Waals surface area contributed by atoms with E-state index in [-0.39, 0.29) is 0 Å². The molecular weight excluding hydrogens is 458 g/mol. The van der Waals surface area contributed by atoms with Crippen molar-refractivity contribution in [1.29, 1.82) is 0 Å². The number of benzene rings is 1. The Morgan fingerprint density at radius 1 is 0.857 bits per heavy atom. The van der Waals surface area contributed by atoms with Crippen molar-refractivity contribution in [3.05, 3.63) is 83.9 Å². The summed E-state index contributed by atoms with van der Waals surface area (Å²) < 4.78 is 9.48. The number of methoxy groups -OCH3 is 1. The highest BCUT2D eigenvalue weighted by molar-refractivity contribution is 7.13.